The van der Waals surface area contributed by atoms with Crippen molar-refractivity contribution in [2.45, 2.75) is 71.1 Å². The second-order valence-electron chi connectivity index (χ2n) is 11.6. The highest BCUT2D eigenvalue weighted by atomic mass is 32.2. The Morgan fingerprint density at radius 3 is 2.09 bits per heavy atom. The lowest BCUT2D eigenvalue weighted by molar-refractivity contribution is -0.153. The lowest BCUT2D eigenvalue weighted by atomic mass is 9.80. The maximum absolute atomic E-state index is 14.2. The summed E-state index contributed by atoms with van der Waals surface area (Å²) in [5.41, 5.74) is 4.24. The van der Waals surface area contributed by atoms with Gasteiger partial charge in [0.2, 0.25) is 15.8 Å². The van der Waals surface area contributed by atoms with E-state index >= 15 is 0 Å². The molecule has 0 N–H and O–H groups in total. The highest BCUT2D eigenvalue weighted by Crippen LogP contribution is 2.35. The Morgan fingerprint density at radius 1 is 0.886 bits per heavy atom. The van der Waals surface area contributed by atoms with E-state index < -0.39 is 33.9 Å². The van der Waals surface area contributed by atoms with Crippen LogP contribution in [0.4, 0.5) is 13.2 Å². The first-order valence-electron chi connectivity index (χ1n) is 14.0. The van der Waals surface area contributed by atoms with Crippen molar-refractivity contribution in [2.24, 2.45) is 0 Å². The summed E-state index contributed by atoms with van der Waals surface area (Å²) in [6, 6.07) is 18.4. The lowest BCUT2D eigenvalue weighted by Crippen LogP contribution is -2.31. The molecule has 0 aliphatic rings. The number of sulfonamides is 1. The molecule has 4 rings (SSSR count). The number of rotatable bonds is 10. The van der Waals surface area contributed by atoms with Gasteiger partial charge in [0.25, 0.3) is 0 Å². The molecule has 0 aliphatic heterocycles. The molecule has 0 aliphatic carbocycles. The van der Waals surface area contributed by atoms with Gasteiger partial charge in [0, 0.05) is 17.5 Å². The topological polar surface area (TPSA) is 76.8 Å². The van der Waals surface area contributed by atoms with Crippen LogP contribution in [0.15, 0.2) is 76.0 Å². The van der Waals surface area contributed by atoms with Crippen LogP contribution in [0.2, 0.25) is 0 Å². The normalized spacial score (nSPS) is 12.5. The molecule has 4 aromatic rings. The molecule has 0 atom stereocenters. The van der Waals surface area contributed by atoms with E-state index in [1.165, 1.54) is 7.11 Å². The van der Waals surface area contributed by atoms with Crippen molar-refractivity contribution < 1.29 is 35.5 Å². The third-order valence-electron chi connectivity index (χ3n) is 7.91. The van der Waals surface area contributed by atoms with Crippen molar-refractivity contribution in [3.05, 3.63) is 106 Å². The monoisotopic (exact) mass is 627 g/mol. The quantitative estimate of drug-likeness (QED) is 0.177. The number of ketones is 1. The van der Waals surface area contributed by atoms with Gasteiger partial charge in [-0.25, -0.2) is 8.42 Å². The van der Waals surface area contributed by atoms with E-state index in [-0.39, 0.29) is 23.0 Å². The first kappa shape index (κ1) is 33.0. The van der Waals surface area contributed by atoms with Gasteiger partial charge in [-0.15, -0.1) is 0 Å². The Labute approximate surface area is 256 Å². The first-order valence-corrected chi connectivity index (χ1v) is 15.4. The van der Waals surface area contributed by atoms with Crippen LogP contribution in [0.1, 0.15) is 60.1 Å². The number of methoxy groups -OCH3 is 1. The number of nitrogens with zero attached hydrogens (tertiary/aromatic N) is 1. The summed E-state index contributed by atoms with van der Waals surface area (Å²) in [5, 5.41) is 0. The zero-order valence-electron chi connectivity index (χ0n) is 25.8. The van der Waals surface area contributed by atoms with Gasteiger partial charge in [-0.1, -0.05) is 54.1 Å². The number of carbonyl (C=O) groups is 1. The molecule has 44 heavy (non-hydrogen) atoms. The third-order valence-corrected chi connectivity index (χ3v) is 10.0. The number of carbonyl (C=O) groups excluding carboxylic acids is 1. The van der Waals surface area contributed by atoms with Crippen LogP contribution < -0.4 is 4.74 Å². The van der Waals surface area contributed by atoms with Crippen LogP contribution in [-0.4, -0.2) is 25.6 Å². The number of Topliss-reactive ketones (excluding diaryl/α,β-unsaturated/α-hetero) is 1. The molecular formula is C34H36F3NO5S. The molecular weight excluding hydrogens is 591 g/mol. The van der Waals surface area contributed by atoms with Gasteiger partial charge in [0.05, 0.1) is 18.6 Å². The predicted molar refractivity (Wildman–Crippen MR) is 163 cm³/mol. The number of aryl methyl sites for hydroxylation is 3. The molecule has 0 radical (unpaired) electrons. The van der Waals surface area contributed by atoms with Crippen LogP contribution >= 0.6 is 0 Å². The molecule has 0 fully saturated rings. The SMILES string of the molecule is COc1cc(-c2cccc(C(C)(C)C(C)=O)c2)ccc1CN(Cc1ccc(C(F)(F)F)o1)S(=O)(=O)c1c(C)cc(C)cc1C. The Bertz CT molecular complexity index is 1780. The van der Waals surface area contributed by atoms with Crippen LogP contribution in [-0.2, 0) is 39.5 Å². The molecule has 3 aromatic carbocycles. The van der Waals surface area contributed by atoms with Crippen LogP contribution in [0.25, 0.3) is 11.1 Å². The Kier molecular flexibility index (Phi) is 9.19. The lowest BCUT2D eigenvalue weighted by Gasteiger charge is -2.25. The van der Waals surface area contributed by atoms with E-state index in [0.717, 1.165) is 38.7 Å². The van der Waals surface area contributed by atoms with E-state index in [0.29, 0.717) is 22.4 Å². The van der Waals surface area contributed by atoms with Gasteiger partial charge in [0.15, 0.2) is 0 Å². The minimum atomic E-state index is -4.71. The number of hydrogen-bond acceptors (Lipinski definition) is 5. The van der Waals surface area contributed by atoms with E-state index in [2.05, 4.69) is 0 Å². The molecule has 0 saturated carbocycles. The molecule has 234 valence electrons. The fourth-order valence-corrected chi connectivity index (χ4v) is 7.05. The second-order valence-corrected chi connectivity index (χ2v) is 13.4. The van der Waals surface area contributed by atoms with Crippen LogP contribution in [0, 0.1) is 20.8 Å². The smallest absolute Gasteiger partial charge is 0.449 e. The minimum absolute atomic E-state index is 0.0295. The molecule has 0 bridgehead atoms. The molecule has 0 saturated heterocycles. The van der Waals surface area contributed by atoms with Crippen molar-refractivity contribution in [3.63, 3.8) is 0 Å². The average Bonchev–Trinajstić information content (AvgIpc) is 3.41. The van der Waals surface area contributed by atoms with Crippen molar-refractivity contribution in [1.29, 1.82) is 0 Å². The molecule has 1 aromatic heterocycles. The van der Waals surface area contributed by atoms with E-state index in [1.54, 1.807) is 45.0 Å². The molecule has 10 heteroatoms. The molecule has 6 nitrogen and oxygen atoms in total. The zero-order chi connectivity index (χ0) is 32.6. The summed E-state index contributed by atoms with van der Waals surface area (Å²) in [6.07, 6.45) is -4.71. The zero-order valence-corrected chi connectivity index (χ0v) is 26.6. The Balaban J connectivity index is 1.77. The standard InChI is InChI=1S/C34H36F3NO5S/c1-21-15-22(2)32(23(3)16-21)44(40,41)38(20-29-13-14-31(43-29)34(35,36)37)19-27-12-11-26(18-30(27)42-7)25-9-8-10-28(17-25)33(5,6)24(4)39/h8-18H,19-20H2,1-7H3. The summed E-state index contributed by atoms with van der Waals surface area (Å²) >= 11 is 0. The number of ether oxygens (including phenoxy) is 1. The van der Waals surface area contributed by atoms with Gasteiger partial charge >= 0.3 is 6.18 Å². The summed E-state index contributed by atoms with van der Waals surface area (Å²) in [5.74, 6) is -0.929. The summed E-state index contributed by atoms with van der Waals surface area (Å²) in [7, 11) is -2.75. The van der Waals surface area contributed by atoms with Crippen molar-refractivity contribution >= 4 is 15.8 Å². The Hall–Kier alpha value is -3.89. The van der Waals surface area contributed by atoms with Gasteiger partial charge in [-0.3, -0.25) is 4.79 Å². The molecule has 0 unspecified atom stereocenters. The second kappa shape index (κ2) is 12.2. The molecule has 1 heterocycles. The fourth-order valence-electron chi connectivity index (χ4n) is 5.25. The molecule has 0 amide bonds. The van der Waals surface area contributed by atoms with E-state index in [4.69, 9.17) is 9.15 Å². The summed E-state index contributed by atoms with van der Waals surface area (Å²) in [6.45, 7) is 9.89. The van der Waals surface area contributed by atoms with Crippen LogP contribution in [0.3, 0.4) is 0 Å². The first-order chi connectivity index (χ1) is 20.4. The maximum atomic E-state index is 14.2. The van der Waals surface area contributed by atoms with E-state index in [1.807, 2.05) is 51.1 Å². The number of halogens is 3. The van der Waals surface area contributed by atoms with Crippen LogP contribution in [0.5, 0.6) is 5.75 Å². The Morgan fingerprint density at radius 2 is 1.52 bits per heavy atom. The number of benzene rings is 3. The summed E-state index contributed by atoms with van der Waals surface area (Å²) < 4.78 is 80.0. The number of hydrogen-bond donors (Lipinski definition) is 0. The minimum Gasteiger partial charge on any atom is -0.496 e. The third kappa shape index (κ3) is 6.76. The maximum Gasteiger partial charge on any atom is 0.449 e. The van der Waals surface area contributed by atoms with Gasteiger partial charge in [0.1, 0.15) is 17.3 Å². The summed E-state index contributed by atoms with van der Waals surface area (Å²) in [4.78, 5) is 12.3. The van der Waals surface area contributed by atoms with Crippen molar-refractivity contribution in [3.8, 4) is 16.9 Å². The van der Waals surface area contributed by atoms with Gasteiger partial charge in [-0.2, -0.15) is 17.5 Å². The highest BCUT2D eigenvalue weighted by molar-refractivity contribution is 7.89. The van der Waals surface area contributed by atoms with Crippen molar-refractivity contribution in [2.75, 3.05) is 7.11 Å². The highest BCUT2D eigenvalue weighted by Gasteiger charge is 2.36. The molecule has 0 spiro atoms. The fraction of sp³-hybridized carbons (Fsp3) is 0.324. The van der Waals surface area contributed by atoms with Gasteiger partial charge < -0.3 is 9.15 Å². The van der Waals surface area contributed by atoms with E-state index in [9.17, 15) is 26.4 Å². The average molecular weight is 628 g/mol. The van der Waals surface area contributed by atoms with Crippen molar-refractivity contribution in [1.82, 2.24) is 4.31 Å². The predicted octanol–water partition coefficient (Wildman–Crippen LogP) is 8.16. The number of furan rings is 1. The number of alkyl halides is 3. The van der Waals surface area contributed by atoms with Gasteiger partial charge in [-0.05, 0) is 87.6 Å². The largest absolute Gasteiger partial charge is 0.496 e.